The smallest absolute Gasteiger partial charge is 0.251 e. The number of hydrogen-bond donors (Lipinski definition) is 0. The Hall–Kier alpha value is -2.51. The SMILES string of the molecule is Cc1nn(C)c(C)c1S(=O)(=O)N1CC[C@H](Oc2nccnc2C#N)C1. The zero-order valence-electron chi connectivity index (χ0n) is 14.2. The summed E-state index contributed by atoms with van der Waals surface area (Å²) in [6, 6.07) is 1.91. The molecule has 9 nitrogen and oxygen atoms in total. The quantitative estimate of drug-likeness (QED) is 0.780. The van der Waals surface area contributed by atoms with Gasteiger partial charge in [-0.15, -0.1) is 0 Å². The number of rotatable bonds is 4. The normalized spacial score (nSPS) is 18.2. The van der Waals surface area contributed by atoms with Crippen molar-refractivity contribution in [2.45, 2.75) is 31.3 Å². The molecule has 1 atom stereocenters. The molecule has 1 aliphatic heterocycles. The molecule has 0 N–H and O–H groups in total. The largest absolute Gasteiger partial charge is 0.471 e. The summed E-state index contributed by atoms with van der Waals surface area (Å²) in [5.74, 6) is 0.128. The molecule has 1 fully saturated rings. The van der Waals surface area contributed by atoms with Crippen molar-refractivity contribution in [1.29, 1.82) is 5.26 Å². The third-order valence-corrected chi connectivity index (χ3v) is 6.32. The first-order valence-electron chi connectivity index (χ1n) is 7.72. The maximum atomic E-state index is 12.9. The molecule has 25 heavy (non-hydrogen) atoms. The van der Waals surface area contributed by atoms with Crippen LogP contribution in [0.1, 0.15) is 23.5 Å². The number of sulfonamides is 1. The van der Waals surface area contributed by atoms with Crippen molar-refractivity contribution in [1.82, 2.24) is 24.1 Å². The lowest BCUT2D eigenvalue weighted by atomic mass is 10.3. The summed E-state index contributed by atoms with van der Waals surface area (Å²) in [7, 11) is -1.93. The van der Waals surface area contributed by atoms with Gasteiger partial charge in [-0.3, -0.25) is 4.68 Å². The average Bonchev–Trinajstić information content (AvgIpc) is 3.13. The van der Waals surface area contributed by atoms with Crippen molar-refractivity contribution in [3.05, 3.63) is 29.5 Å². The van der Waals surface area contributed by atoms with E-state index in [0.717, 1.165) is 0 Å². The third-order valence-electron chi connectivity index (χ3n) is 4.20. The molecule has 2 aromatic heterocycles. The maximum Gasteiger partial charge on any atom is 0.251 e. The highest BCUT2D eigenvalue weighted by atomic mass is 32.2. The Kier molecular flexibility index (Phi) is 4.45. The molecular formula is C15H18N6O3S. The first-order valence-corrected chi connectivity index (χ1v) is 9.16. The number of hydrogen-bond acceptors (Lipinski definition) is 7. The summed E-state index contributed by atoms with van der Waals surface area (Å²) in [6.45, 7) is 3.94. The summed E-state index contributed by atoms with van der Waals surface area (Å²) in [4.78, 5) is 8.13. The van der Waals surface area contributed by atoms with E-state index in [0.29, 0.717) is 24.4 Å². The molecule has 3 rings (SSSR count). The lowest BCUT2D eigenvalue weighted by Crippen LogP contribution is -2.32. The highest BCUT2D eigenvalue weighted by molar-refractivity contribution is 7.89. The van der Waals surface area contributed by atoms with Crippen LogP contribution in [0.4, 0.5) is 0 Å². The summed E-state index contributed by atoms with van der Waals surface area (Å²) in [6.07, 6.45) is 2.97. The number of aryl methyl sites for hydroxylation is 2. The van der Waals surface area contributed by atoms with Crippen LogP contribution in [0.3, 0.4) is 0 Å². The van der Waals surface area contributed by atoms with Crippen molar-refractivity contribution in [2.24, 2.45) is 7.05 Å². The van der Waals surface area contributed by atoms with Gasteiger partial charge in [-0.1, -0.05) is 0 Å². The first-order chi connectivity index (χ1) is 11.8. The van der Waals surface area contributed by atoms with Crippen LogP contribution < -0.4 is 4.74 Å². The fraction of sp³-hybridized carbons (Fsp3) is 0.467. The molecule has 3 heterocycles. The predicted molar refractivity (Wildman–Crippen MR) is 87.2 cm³/mol. The third kappa shape index (κ3) is 3.08. The Labute approximate surface area is 145 Å². The molecule has 10 heteroatoms. The minimum absolute atomic E-state index is 0.0859. The molecule has 0 aliphatic carbocycles. The van der Waals surface area contributed by atoms with Gasteiger partial charge in [0.2, 0.25) is 15.7 Å². The second kappa shape index (κ2) is 6.42. The second-order valence-corrected chi connectivity index (χ2v) is 7.71. The van der Waals surface area contributed by atoms with E-state index in [1.165, 1.54) is 16.7 Å². The molecule has 1 saturated heterocycles. The van der Waals surface area contributed by atoms with Crippen molar-refractivity contribution < 1.29 is 13.2 Å². The van der Waals surface area contributed by atoms with E-state index in [2.05, 4.69) is 15.1 Å². The molecular weight excluding hydrogens is 344 g/mol. The van der Waals surface area contributed by atoms with E-state index in [-0.39, 0.29) is 29.1 Å². The standard InChI is InChI=1S/C15H18N6O3S/c1-10-14(11(2)20(3)19-10)25(22,23)21-7-4-12(9-21)24-15-13(8-16)17-5-6-18-15/h5-6,12H,4,7,9H2,1-3H3/t12-/m0/s1. The van der Waals surface area contributed by atoms with Crippen molar-refractivity contribution >= 4 is 10.0 Å². The van der Waals surface area contributed by atoms with Gasteiger partial charge >= 0.3 is 0 Å². The molecule has 0 bridgehead atoms. The van der Waals surface area contributed by atoms with Crippen LogP contribution >= 0.6 is 0 Å². The van der Waals surface area contributed by atoms with Gasteiger partial charge in [0.15, 0.2) is 0 Å². The second-order valence-electron chi connectivity index (χ2n) is 5.84. The minimum Gasteiger partial charge on any atom is -0.471 e. The van der Waals surface area contributed by atoms with E-state index >= 15 is 0 Å². The molecule has 0 spiro atoms. The Bertz CT molecular complexity index is 947. The van der Waals surface area contributed by atoms with Gasteiger partial charge < -0.3 is 4.74 Å². The average molecular weight is 362 g/mol. The van der Waals surface area contributed by atoms with Crippen molar-refractivity contribution in [3.63, 3.8) is 0 Å². The summed E-state index contributed by atoms with van der Waals surface area (Å²) in [5.41, 5.74) is 1.16. The predicted octanol–water partition coefficient (Wildman–Crippen LogP) is 0.541. The number of ether oxygens (including phenoxy) is 1. The van der Waals surface area contributed by atoms with E-state index in [4.69, 9.17) is 10.00 Å². The molecule has 0 unspecified atom stereocenters. The molecule has 132 valence electrons. The lowest BCUT2D eigenvalue weighted by molar-refractivity contribution is 0.205. The highest BCUT2D eigenvalue weighted by Crippen LogP contribution is 2.27. The Morgan fingerprint density at radius 2 is 2.04 bits per heavy atom. The summed E-state index contributed by atoms with van der Waals surface area (Å²) < 4.78 is 34.5. The number of nitrogens with zero attached hydrogens (tertiary/aromatic N) is 6. The molecule has 0 saturated carbocycles. The molecule has 2 aromatic rings. The van der Waals surface area contributed by atoms with Crippen LogP contribution in [0.15, 0.2) is 17.3 Å². The van der Waals surface area contributed by atoms with Crippen LogP contribution in [-0.4, -0.2) is 51.7 Å². The monoisotopic (exact) mass is 362 g/mol. The maximum absolute atomic E-state index is 12.9. The topological polar surface area (TPSA) is 114 Å². The zero-order chi connectivity index (χ0) is 18.2. The van der Waals surface area contributed by atoms with Crippen LogP contribution in [0, 0.1) is 25.2 Å². The van der Waals surface area contributed by atoms with Crippen LogP contribution in [-0.2, 0) is 17.1 Å². The van der Waals surface area contributed by atoms with Gasteiger partial charge in [0, 0.05) is 26.0 Å². The molecule has 0 radical (unpaired) electrons. The highest BCUT2D eigenvalue weighted by Gasteiger charge is 2.37. The molecule has 1 aliphatic rings. The first kappa shape index (κ1) is 17.3. The minimum atomic E-state index is -3.65. The lowest BCUT2D eigenvalue weighted by Gasteiger charge is -2.17. The van der Waals surface area contributed by atoms with Gasteiger partial charge in [0.05, 0.1) is 17.9 Å². The van der Waals surface area contributed by atoms with Gasteiger partial charge in [0.25, 0.3) is 5.88 Å². The summed E-state index contributed by atoms with van der Waals surface area (Å²) in [5, 5.41) is 13.2. The van der Waals surface area contributed by atoms with Gasteiger partial charge in [-0.2, -0.15) is 14.7 Å². The van der Waals surface area contributed by atoms with Crippen LogP contribution in [0.2, 0.25) is 0 Å². The Morgan fingerprint density at radius 3 is 2.68 bits per heavy atom. The van der Waals surface area contributed by atoms with E-state index in [1.54, 1.807) is 25.6 Å². The van der Waals surface area contributed by atoms with Gasteiger partial charge in [0.1, 0.15) is 17.1 Å². The fourth-order valence-electron chi connectivity index (χ4n) is 2.91. The van der Waals surface area contributed by atoms with E-state index < -0.39 is 10.0 Å². The number of nitriles is 1. The summed E-state index contributed by atoms with van der Waals surface area (Å²) >= 11 is 0. The van der Waals surface area contributed by atoms with E-state index in [9.17, 15) is 8.42 Å². The van der Waals surface area contributed by atoms with Crippen molar-refractivity contribution in [3.8, 4) is 11.9 Å². The fourth-order valence-corrected chi connectivity index (χ4v) is 4.80. The number of aromatic nitrogens is 4. The van der Waals surface area contributed by atoms with Gasteiger partial charge in [-0.25, -0.2) is 18.4 Å². The Morgan fingerprint density at radius 1 is 1.32 bits per heavy atom. The zero-order valence-corrected chi connectivity index (χ0v) is 15.0. The molecule has 0 amide bonds. The Balaban J connectivity index is 1.80. The van der Waals surface area contributed by atoms with Gasteiger partial charge in [-0.05, 0) is 20.3 Å². The van der Waals surface area contributed by atoms with E-state index in [1.807, 2.05) is 6.07 Å². The van der Waals surface area contributed by atoms with Crippen LogP contribution in [0.25, 0.3) is 0 Å². The van der Waals surface area contributed by atoms with Crippen LogP contribution in [0.5, 0.6) is 5.88 Å². The molecule has 0 aromatic carbocycles. The van der Waals surface area contributed by atoms with Crippen molar-refractivity contribution in [2.75, 3.05) is 13.1 Å².